The smallest absolute Gasteiger partial charge is 0.262 e. The van der Waals surface area contributed by atoms with Gasteiger partial charge in [0.15, 0.2) is 0 Å². The van der Waals surface area contributed by atoms with E-state index < -0.39 is 24.3 Å². The van der Waals surface area contributed by atoms with E-state index >= 15 is 0 Å². The van der Waals surface area contributed by atoms with Crippen LogP contribution >= 0.6 is 23.2 Å². The van der Waals surface area contributed by atoms with Crippen LogP contribution in [0.15, 0.2) is 48.5 Å². The molecule has 3 amide bonds. The third kappa shape index (κ3) is 3.50. The molecule has 0 bridgehead atoms. The quantitative estimate of drug-likeness (QED) is 0.641. The van der Waals surface area contributed by atoms with Crippen molar-refractivity contribution in [2.24, 2.45) is 0 Å². The highest BCUT2D eigenvalue weighted by Gasteiger charge is 2.37. The molecule has 0 saturated carbocycles. The Labute approximate surface area is 175 Å². The van der Waals surface area contributed by atoms with Crippen LogP contribution in [-0.2, 0) is 4.79 Å². The minimum absolute atomic E-state index is 0.127. The zero-order valence-corrected chi connectivity index (χ0v) is 16.7. The summed E-state index contributed by atoms with van der Waals surface area (Å²) in [6.45, 7) is 1.35. The fourth-order valence-electron chi connectivity index (χ4n) is 3.11. The summed E-state index contributed by atoms with van der Waals surface area (Å²) < 4.78 is 1.58. The molecule has 1 aliphatic heterocycles. The topological polar surface area (TPSA) is 84.3 Å². The number of nitrogens with zero attached hydrogens (tertiary/aromatic N) is 3. The van der Waals surface area contributed by atoms with Gasteiger partial charge in [0, 0.05) is 6.07 Å². The Morgan fingerprint density at radius 2 is 1.59 bits per heavy atom. The first kappa shape index (κ1) is 19.2. The molecular weight excluding hydrogens is 415 g/mol. The molecule has 0 spiro atoms. The van der Waals surface area contributed by atoms with E-state index in [4.69, 9.17) is 23.2 Å². The Bertz CT molecular complexity index is 1120. The molecule has 1 aromatic heterocycles. The number of nitrogens with one attached hydrogen (secondary N) is 1. The molecule has 3 aromatic rings. The van der Waals surface area contributed by atoms with E-state index in [-0.39, 0.29) is 21.2 Å². The van der Waals surface area contributed by atoms with E-state index in [1.165, 1.54) is 12.1 Å². The summed E-state index contributed by atoms with van der Waals surface area (Å²) in [5.41, 5.74) is 1.72. The molecule has 1 aliphatic rings. The lowest BCUT2D eigenvalue weighted by Gasteiger charge is -2.14. The molecular formula is C20H14Cl2N4O3. The number of amides is 3. The minimum Gasteiger partial charge on any atom is -0.309 e. The number of rotatable bonds is 4. The highest BCUT2D eigenvalue weighted by molar-refractivity contribution is 6.43. The maximum Gasteiger partial charge on any atom is 0.262 e. The highest BCUT2D eigenvalue weighted by Crippen LogP contribution is 2.31. The Balaban J connectivity index is 1.55. The second-order valence-corrected chi connectivity index (χ2v) is 7.29. The number of fused-ring (bicyclic) bond motifs is 1. The maximum absolute atomic E-state index is 12.6. The summed E-state index contributed by atoms with van der Waals surface area (Å²) in [5.74, 6) is -1.28. The van der Waals surface area contributed by atoms with Crippen LogP contribution in [0.5, 0.6) is 0 Å². The lowest BCUT2D eigenvalue weighted by atomic mass is 10.1. The van der Waals surface area contributed by atoms with Crippen molar-refractivity contribution in [2.75, 3.05) is 11.9 Å². The lowest BCUT2D eigenvalue weighted by Crippen LogP contribution is -2.37. The van der Waals surface area contributed by atoms with Gasteiger partial charge in [-0.1, -0.05) is 41.4 Å². The maximum atomic E-state index is 12.6. The molecule has 7 nitrogen and oxygen atoms in total. The average molecular weight is 429 g/mol. The van der Waals surface area contributed by atoms with E-state index in [0.717, 1.165) is 10.6 Å². The van der Waals surface area contributed by atoms with Gasteiger partial charge in [-0.15, -0.1) is 0 Å². The van der Waals surface area contributed by atoms with Crippen molar-refractivity contribution >= 4 is 46.7 Å². The molecule has 0 saturated heterocycles. The molecule has 4 rings (SSSR count). The summed E-state index contributed by atoms with van der Waals surface area (Å²) in [4.78, 5) is 38.6. The first-order chi connectivity index (χ1) is 13.8. The van der Waals surface area contributed by atoms with Crippen molar-refractivity contribution in [1.82, 2.24) is 14.7 Å². The second-order valence-electron chi connectivity index (χ2n) is 6.47. The van der Waals surface area contributed by atoms with Crippen molar-refractivity contribution < 1.29 is 14.4 Å². The predicted octanol–water partition coefficient (Wildman–Crippen LogP) is 3.72. The Morgan fingerprint density at radius 1 is 1.00 bits per heavy atom. The van der Waals surface area contributed by atoms with Crippen LogP contribution in [0.3, 0.4) is 0 Å². The zero-order chi connectivity index (χ0) is 20.7. The number of halogens is 2. The minimum atomic E-state index is -0.591. The van der Waals surface area contributed by atoms with E-state index in [1.54, 1.807) is 17.7 Å². The van der Waals surface area contributed by atoms with Crippen molar-refractivity contribution in [3.05, 3.63) is 75.4 Å². The number of carbonyl (C=O) groups excluding carboxylic acids is 3. The first-order valence-corrected chi connectivity index (χ1v) is 9.38. The van der Waals surface area contributed by atoms with Gasteiger partial charge in [-0.05, 0) is 31.2 Å². The molecule has 0 aliphatic carbocycles. The zero-order valence-electron chi connectivity index (χ0n) is 15.1. The number of anilines is 1. The molecule has 2 heterocycles. The summed E-state index contributed by atoms with van der Waals surface area (Å²) in [6.07, 6.45) is 0. The van der Waals surface area contributed by atoms with Gasteiger partial charge in [0.25, 0.3) is 11.8 Å². The summed E-state index contributed by atoms with van der Waals surface area (Å²) in [6, 6.07) is 13.7. The van der Waals surface area contributed by atoms with E-state index in [0.29, 0.717) is 11.5 Å². The van der Waals surface area contributed by atoms with Gasteiger partial charge in [0.1, 0.15) is 12.4 Å². The first-order valence-electron chi connectivity index (χ1n) is 8.62. The number of para-hydroxylation sites is 1. The normalized spacial score (nSPS) is 13.0. The molecule has 1 N–H and O–H groups in total. The molecule has 0 atom stereocenters. The molecule has 2 aromatic carbocycles. The number of carbonyl (C=O) groups is 3. The summed E-state index contributed by atoms with van der Waals surface area (Å²) in [7, 11) is 0. The van der Waals surface area contributed by atoms with Crippen LogP contribution in [0.25, 0.3) is 5.69 Å². The monoisotopic (exact) mass is 428 g/mol. The van der Waals surface area contributed by atoms with Crippen LogP contribution in [0, 0.1) is 6.92 Å². The number of aryl methyl sites for hydroxylation is 1. The Morgan fingerprint density at radius 3 is 2.17 bits per heavy atom. The SMILES string of the molecule is Cc1cc(NC(=O)CN2C(=O)c3cc(Cl)c(Cl)cc3C2=O)n(-c2ccccc2)n1. The van der Waals surface area contributed by atoms with Crippen molar-refractivity contribution in [3.63, 3.8) is 0 Å². The van der Waals surface area contributed by atoms with Crippen LogP contribution in [0.2, 0.25) is 10.0 Å². The molecule has 9 heteroatoms. The van der Waals surface area contributed by atoms with Crippen LogP contribution in [-0.4, -0.2) is 38.9 Å². The molecule has 29 heavy (non-hydrogen) atoms. The number of hydrogen-bond donors (Lipinski definition) is 1. The fourth-order valence-corrected chi connectivity index (χ4v) is 3.44. The summed E-state index contributed by atoms with van der Waals surface area (Å²) >= 11 is 11.9. The molecule has 0 fully saturated rings. The van der Waals surface area contributed by atoms with E-state index in [2.05, 4.69) is 10.4 Å². The van der Waals surface area contributed by atoms with Gasteiger partial charge >= 0.3 is 0 Å². The lowest BCUT2D eigenvalue weighted by molar-refractivity contribution is -0.116. The third-order valence-corrected chi connectivity index (χ3v) is 5.14. The molecule has 0 unspecified atom stereocenters. The van der Waals surface area contributed by atoms with Gasteiger partial charge in [-0.2, -0.15) is 5.10 Å². The number of aromatic nitrogens is 2. The van der Waals surface area contributed by atoms with Gasteiger partial charge in [-0.3, -0.25) is 19.3 Å². The van der Waals surface area contributed by atoms with Crippen LogP contribution < -0.4 is 5.32 Å². The molecule has 146 valence electrons. The van der Waals surface area contributed by atoms with Crippen LogP contribution in [0.4, 0.5) is 5.82 Å². The fraction of sp³-hybridized carbons (Fsp3) is 0.100. The number of hydrogen-bond acceptors (Lipinski definition) is 4. The average Bonchev–Trinajstić information content (AvgIpc) is 3.16. The second kappa shape index (κ2) is 7.35. The van der Waals surface area contributed by atoms with Gasteiger partial charge in [-0.25, -0.2) is 4.68 Å². The van der Waals surface area contributed by atoms with Gasteiger partial charge in [0.2, 0.25) is 5.91 Å². The standard InChI is InChI=1S/C20H14Cl2N4O3/c1-11-7-17(26(24-11)12-5-3-2-4-6-12)23-18(27)10-25-19(28)13-8-15(21)16(22)9-14(13)20(25)29/h2-9H,10H2,1H3,(H,23,27). The van der Waals surface area contributed by atoms with Crippen LogP contribution in [0.1, 0.15) is 26.4 Å². The van der Waals surface area contributed by atoms with E-state index in [1.807, 2.05) is 30.3 Å². The Kier molecular flexibility index (Phi) is 4.86. The summed E-state index contributed by atoms with van der Waals surface area (Å²) in [5, 5.41) is 7.42. The Hall–Kier alpha value is -3.16. The predicted molar refractivity (Wildman–Crippen MR) is 109 cm³/mol. The highest BCUT2D eigenvalue weighted by atomic mass is 35.5. The van der Waals surface area contributed by atoms with Crippen molar-refractivity contribution in [1.29, 1.82) is 0 Å². The van der Waals surface area contributed by atoms with Crippen molar-refractivity contribution in [3.8, 4) is 5.69 Å². The van der Waals surface area contributed by atoms with E-state index in [9.17, 15) is 14.4 Å². The van der Waals surface area contributed by atoms with Gasteiger partial charge in [0.05, 0.1) is 32.6 Å². The largest absolute Gasteiger partial charge is 0.309 e. The number of imide groups is 1. The van der Waals surface area contributed by atoms with Gasteiger partial charge < -0.3 is 5.32 Å². The van der Waals surface area contributed by atoms with Crippen molar-refractivity contribution in [2.45, 2.75) is 6.92 Å². The third-order valence-electron chi connectivity index (χ3n) is 4.41. The number of benzene rings is 2. The molecule has 0 radical (unpaired) electrons.